The Kier molecular flexibility index (Phi) is 6.35. The number of aliphatic hydroxyl groups excluding tert-OH is 1. The van der Waals surface area contributed by atoms with E-state index in [-0.39, 0.29) is 18.1 Å². The molecule has 1 aromatic rings. The van der Waals surface area contributed by atoms with Gasteiger partial charge in [0.15, 0.2) is 12.1 Å². The quantitative estimate of drug-likeness (QED) is 0.592. The lowest BCUT2D eigenvalue weighted by atomic mass is 10.1. The van der Waals surface area contributed by atoms with Crippen molar-refractivity contribution in [1.82, 2.24) is 0 Å². The highest BCUT2D eigenvalue weighted by Gasteiger charge is 2.17. The van der Waals surface area contributed by atoms with Crippen LogP contribution in [0.3, 0.4) is 0 Å². The molecule has 0 saturated heterocycles. The van der Waals surface area contributed by atoms with Crippen LogP contribution in [0.1, 0.15) is 11.9 Å². The largest absolute Gasteiger partial charge is 0.390 e. The van der Waals surface area contributed by atoms with E-state index in [1.54, 1.807) is 18.2 Å². The summed E-state index contributed by atoms with van der Waals surface area (Å²) in [7, 11) is 2.87. The Morgan fingerprint density at radius 3 is 2.61 bits per heavy atom. The second-order valence-electron chi connectivity index (χ2n) is 3.70. The zero-order valence-electron chi connectivity index (χ0n) is 10.3. The molecule has 0 spiro atoms. The van der Waals surface area contributed by atoms with Gasteiger partial charge in [-0.1, -0.05) is 12.1 Å². The molecule has 1 rings (SSSR count). The van der Waals surface area contributed by atoms with Crippen LogP contribution >= 0.6 is 11.6 Å². The molecule has 0 amide bonds. The van der Waals surface area contributed by atoms with Crippen molar-refractivity contribution in [2.24, 2.45) is 0 Å². The maximum absolute atomic E-state index is 14.1. The zero-order valence-corrected chi connectivity index (χ0v) is 11.1. The van der Waals surface area contributed by atoms with E-state index in [1.807, 2.05) is 0 Å². The molecule has 0 radical (unpaired) electrons. The van der Waals surface area contributed by atoms with Crippen LogP contribution in [0, 0.1) is 5.82 Å². The lowest BCUT2D eigenvalue weighted by Crippen LogP contribution is -2.21. The molecule has 0 aliphatic heterocycles. The molecule has 0 fully saturated rings. The molecule has 1 aromatic carbocycles. The van der Waals surface area contributed by atoms with Gasteiger partial charge < -0.3 is 19.9 Å². The van der Waals surface area contributed by atoms with Gasteiger partial charge in [0.25, 0.3) is 0 Å². The number of nitrogens with one attached hydrogen (secondary N) is 1. The minimum Gasteiger partial charge on any atom is -0.390 e. The third-order valence-corrected chi connectivity index (χ3v) is 2.77. The number of alkyl halides is 1. The Morgan fingerprint density at radius 1 is 1.39 bits per heavy atom. The van der Waals surface area contributed by atoms with E-state index in [4.69, 9.17) is 21.1 Å². The van der Waals surface area contributed by atoms with Crippen LogP contribution in [0.5, 0.6) is 0 Å². The summed E-state index contributed by atoms with van der Waals surface area (Å²) in [6, 6.07) is 4.83. The van der Waals surface area contributed by atoms with Crippen molar-refractivity contribution in [1.29, 1.82) is 0 Å². The molecule has 1 unspecified atom stereocenters. The van der Waals surface area contributed by atoms with E-state index in [0.29, 0.717) is 5.56 Å². The normalized spacial score (nSPS) is 12.8. The molecule has 4 nitrogen and oxygen atoms in total. The van der Waals surface area contributed by atoms with Gasteiger partial charge in [-0.3, -0.25) is 0 Å². The first-order valence-electron chi connectivity index (χ1n) is 5.46. The first kappa shape index (κ1) is 15.2. The Balaban J connectivity index is 2.84. The minimum atomic E-state index is -0.760. The molecule has 1 atom stereocenters. The summed E-state index contributed by atoms with van der Waals surface area (Å²) in [4.78, 5) is 0. The highest BCUT2D eigenvalue weighted by atomic mass is 35.5. The van der Waals surface area contributed by atoms with Gasteiger partial charge in [-0.2, -0.15) is 0 Å². The summed E-state index contributed by atoms with van der Waals surface area (Å²) in [5, 5.41) is 12.1. The van der Waals surface area contributed by atoms with Crippen molar-refractivity contribution >= 4 is 17.3 Å². The monoisotopic (exact) mass is 277 g/mol. The molecule has 0 bridgehead atoms. The Labute approximate surface area is 111 Å². The number of anilines is 1. The van der Waals surface area contributed by atoms with E-state index in [2.05, 4.69) is 5.32 Å². The summed E-state index contributed by atoms with van der Waals surface area (Å²) in [5.41, 5.74) is 0.570. The number of benzene rings is 1. The number of rotatable bonds is 7. The first-order valence-corrected chi connectivity index (χ1v) is 5.99. The molecular weight excluding hydrogens is 261 g/mol. The zero-order chi connectivity index (χ0) is 13.5. The molecule has 0 aromatic heterocycles. The van der Waals surface area contributed by atoms with Gasteiger partial charge in [-0.15, -0.1) is 11.6 Å². The number of aliphatic hydroxyl groups is 1. The number of hydrogen-bond donors (Lipinski definition) is 2. The molecule has 0 aliphatic rings. The topological polar surface area (TPSA) is 50.7 Å². The van der Waals surface area contributed by atoms with Crippen LogP contribution in [0.2, 0.25) is 0 Å². The van der Waals surface area contributed by atoms with Crippen LogP contribution in [0.25, 0.3) is 0 Å². The van der Waals surface area contributed by atoms with Crippen molar-refractivity contribution in [3.8, 4) is 0 Å². The number of ether oxygens (including phenoxy) is 2. The predicted octanol–water partition coefficient (Wildman–Crippen LogP) is 2.13. The van der Waals surface area contributed by atoms with E-state index in [0.717, 1.165) is 0 Å². The summed E-state index contributed by atoms with van der Waals surface area (Å²) in [6.45, 7) is 0.175. The van der Waals surface area contributed by atoms with Crippen LogP contribution in [-0.2, 0) is 9.47 Å². The average Bonchev–Trinajstić information content (AvgIpc) is 2.40. The first-order chi connectivity index (χ1) is 8.63. The summed E-state index contributed by atoms with van der Waals surface area (Å²) >= 11 is 5.46. The van der Waals surface area contributed by atoms with Crippen molar-refractivity contribution in [2.75, 3.05) is 32.0 Å². The molecule has 18 heavy (non-hydrogen) atoms. The van der Waals surface area contributed by atoms with Gasteiger partial charge in [-0.05, 0) is 6.07 Å². The third kappa shape index (κ3) is 3.81. The minimum absolute atomic E-state index is 0.0904. The molecule has 2 N–H and O–H groups in total. The third-order valence-electron chi connectivity index (χ3n) is 2.42. The summed E-state index contributed by atoms with van der Waals surface area (Å²) < 4.78 is 24.1. The maximum atomic E-state index is 14.1. The highest BCUT2D eigenvalue weighted by Crippen LogP contribution is 2.25. The van der Waals surface area contributed by atoms with Crippen LogP contribution in [-0.4, -0.2) is 37.9 Å². The van der Waals surface area contributed by atoms with Gasteiger partial charge in [-0.25, -0.2) is 4.39 Å². The lowest BCUT2D eigenvalue weighted by molar-refractivity contribution is -0.107. The second kappa shape index (κ2) is 7.53. The van der Waals surface area contributed by atoms with Crippen molar-refractivity contribution in [2.45, 2.75) is 12.4 Å². The van der Waals surface area contributed by atoms with Crippen molar-refractivity contribution in [3.05, 3.63) is 29.6 Å². The number of methoxy groups -OCH3 is 2. The summed E-state index contributed by atoms with van der Waals surface area (Å²) in [5.74, 6) is -0.374. The Morgan fingerprint density at radius 2 is 2.06 bits per heavy atom. The van der Waals surface area contributed by atoms with Crippen LogP contribution in [0.15, 0.2) is 18.2 Å². The van der Waals surface area contributed by atoms with Crippen LogP contribution < -0.4 is 5.32 Å². The molecule has 102 valence electrons. The van der Waals surface area contributed by atoms with E-state index in [9.17, 15) is 9.50 Å². The fraction of sp³-hybridized carbons (Fsp3) is 0.500. The fourth-order valence-electron chi connectivity index (χ4n) is 1.50. The van der Waals surface area contributed by atoms with Gasteiger partial charge >= 0.3 is 0 Å². The smallest absolute Gasteiger partial charge is 0.186 e. The molecule has 6 heteroatoms. The molecule has 0 heterocycles. The summed E-state index contributed by atoms with van der Waals surface area (Å²) in [6.07, 6.45) is -1.49. The van der Waals surface area contributed by atoms with E-state index in [1.165, 1.54) is 14.2 Å². The van der Waals surface area contributed by atoms with Crippen molar-refractivity contribution < 1.29 is 19.0 Å². The average molecular weight is 278 g/mol. The molecule has 0 aliphatic carbocycles. The van der Waals surface area contributed by atoms with Gasteiger partial charge in [0, 0.05) is 26.3 Å². The molecular formula is C12H17ClFNO3. The second-order valence-corrected chi connectivity index (χ2v) is 4.01. The fourth-order valence-corrected chi connectivity index (χ4v) is 1.61. The SMILES string of the molecule is COC(OC)c1cccc(NCC(O)CCl)c1F. The lowest BCUT2D eigenvalue weighted by Gasteiger charge is -2.17. The van der Waals surface area contributed by atoms with Crippen molar-refractivity contribution in [3.63, 3.8) is 0 Å². The predicted molar refractivity (Wildman–Crippen MR) is 68.4 cm³/mol. The maximum Gasteiger partial charge on any atom is 0.186 e. The Bertz CT molecular complexity index is 374. The molecule has 0 saturated carbocycles. The van der Waals surface area contributed by atoms with Gasteiger partial charge in [0.05, 0.1) is 17.7 Å². The standard InChI is InChI=1S/C12H17ClFNO3/c1-17-12(18-2)9-4-3-5-10(11(9)14)15-7-8(16)6-13/h3-5,8,12,15-16H,6-7H2,1-2H3. The Hall–Kier alpha value is -0.880. The van der Waals surface area contributed by atoms with E-state index < -0.39 is 18.2 Å². The van der Waals surface area contributed by atoms with Gasteiger partial charge in [0.2, 0.25) is 0 Å². The number of halogens is 2. The van der Waals surface area contributed by atoms with Gasteiger partial charge in [0.1, 0.15) is 0 Å². The highest BCUT2D eigenvalue weighted by molar-refractivity contribution is 6.18. The van der Waals surface area contributed by atoms with E-state index >= 15 is 0 Å². The number of hydrogen-bond acceptors (Lipinski definition) is 4. The van der Waals surface area contributed by atoms with Crippen LogP contribution in [0.4, 0.5) is 10.1 Å².